The van der Waals surface area contributed by atoms with Crippen molar-refractivity contribution >= 4 is 11.9 Å². The molecule has 16 heavy (non-hydrogen) atoms. The van der Waals surface area contributed by atoms with Crippen molar-refractivity contribution in [1.82, 2.24) is 15.3 Å². The minimum Gasteiger partial charge on any atom is -0.480 e. The largest absolute Gasteiger partial charge is 0.480 e. The summed E-state index contributed by atoms with van der Waals surface area (Å²) in [7, 11) is 0. The molecule has 7 nitrogen and oxygen atoms in total. The molecule has 0 aromatic carbocycles. The molecule has 2 heterocycles. The number of nitrogens with zero attached hydrogens (tertiary/aromatic N) is 1. The van der Waals surface area contributed by atoms with Crippen LogP contribution in [0, 0.1) is 0 Å². The topological polar surface area (TPSA) is 121 Å². The number of imidazole rings is 1. The molecule has 1 atom stereocenters. The Hall–Kier alpha value is -1.89. The van der Waals surface area contributed by atoms with Gasteiger partial charge in [0.25, 0.3) is 0 Å². The zero-order chi connectivity index (χ0) is 12.0. The van der Waals surface area contributed by atoms with E-state index in [9.17, 15) is 9.59 Å². The predicted molar refractivity (Wildman–Crippen MR) is 55.5 cm³/mol. The smallest absolute Gasteiger partial charge is 0.320 e. The molecule has 0 radical (unpaired) electrons. The van der Waals surface area contributed by atoms with Gasteiger partial charge in [-0.25, -0.2) is 4.98 Å². The number of hydrogen-bond donors (Lipinski definition) is 4. The second-order valence-electron chi connectivity index (χ2n) is 3.33. The van der Waals surface area contributed by atoms with Crippen LogP contribution in [0.3, 0.4) is 0 Å². The Morgan fingerprint density at radius 1 is 1.69 bits per heavy atom. The van der Waals surface area contributed by atoms with Gasteiger partial charge in [-0.2, -0.15) is 0 Å². The maximum absolute atomic E-state index is 10.3. The molecule has 7 heteroatoms. The highest BCUT2D eigenvalue weighted by Crippen LogP contribution is 1.95. The molecule has 1 aromatic rings. The summed E-state index contributed by atoms with van der Waals surface area (Å²) in [5, 5.41) is 11.0. The molecule has 5 N–H and O–H groups in total. The second kappa shape index (κ2) is 5.86. The molecule has 1 aromatic heterocycles. The number of β-lactam (4-membered cyclic amide) rings is 1. The summed E-state index contributed by atoms with van der Waals surface area (Å²) >= 11 is 0. The van der Waals surface area contributed by atoms with E-state index < -0.39 is 12.0 Å². The molecule has 0 spiro atoms. The fourth-order valence-electron chi connectivity index (χ4n) is 0.948. The van der Waals surface area contributed by atoms with E-state index in [2.05, 4.69) is 15.3 Å². The summed E-state index contributed by atoms with van der Waals surface area (Å²) in [4.78, 5) is 26.6. The van der Waals surface area contributed by atoms with Crippen molar-refractivity contribution in [1.29, 1.82) is 0 Å². The molecule has 0 aliphatic carbocycles. The first-order chi connectivity index (χ1) is 7.59. The molecular weight excluding hydrogens is 212 g/mol. The molecule has 0 saturated carbocycles. The van der Waals surface area contributed by atoms with Crippen LogP contribution in [0.1, 0.15) is 12.1 Å². The Kier molecular flexibility index (Phi) is 4.46. The number of hydrogen-bond acceptors (Lipinski definition) is 4. The van der Waals surface area contributed by atoms with Crippen molar-refractivity contribution in [2.45, 2.75) is 18.9 Å². The van der Waals surface area contributed by atoms with Gasteiger partial charge in [0, 0.05) is 31.3 Å². The van der Waals surface area contributed by atoms with Gasteiger partial charge in [0.1, 0.15) is 6.04 Å². The highest BCUT2D eigenvalue weighted by molar-refractivity contribution is 5.81. The summed E-state index contributed by atoms with van der Waals surface area (Å²) in [5.41, 5.74) is 6.00. The highest BCUT2D eigenvalue weighted by Gasteiger charge is 2.12. The number of carbonyl (C=O) groups is 2. The molecule has 88 valence electrons. The molecule has 0 bridgehead atoms. The van der Waals surface area contributed by atoms with Gasteiger partial charge >= 0.3 is 5.97 Å². The lowest BCUT2D eigenvalue weighted by atomic mass is 10.2. The van der Waals surface area contributed by atoms with Gasteiger partial charge in [-0.15, -0.1) is 0 Å². The first-order valence-electron chi connectivity index (χ1n) is 4.82. The van der Waals surface area contributed by atoms with E-state index in [0.717, 1.165) is 18.7 Å². The number of H-pyrrole nitrogens is 1. The van der Waals surface area contributed by atoms with E-state index in [1.54, 1.807) is 6.20 Å². The average Bonchev–Trinajstić information content (AvgIpc) is 2.68. The number of carboxylic acid groups (broad SMARTS) is 1. The number of aromatic nitrogens is 2. The van der Waals surface area contributed by atoms with Gasteiger partial charge in [-0.1, -0.05) is 0 Å². The number of aliphatic carboxylic acids is 1. The lowest BCUT2D eigenvalue weighted by molar-refractivity contribution is -0.138. The summed E-state index contributed by atoms with van der Waals surface area (Å²) in [6, 6.07) is -0.851. The second-order valence-corrected chi connectivity index (χ2v) is 3.33. The van der Waals surface area contributed by atoms with Crippen LogP contribution in [0.4, 0.5) is 0 Å². The summed E-state index contributed by atoms with van der Waals surface area (Å²) in [6.45, 7) is 0.888. The quantitative estimate of drug-likeness (QED) is 0.486. The molecule has 1 aliphatic heterocycles. The van der Waals surface area contributed by atoms with Crippen LogP contribution in [0.15, 0.2) is 12.5 Å². The van der Waals surface area contributed by atoms with E-state index in [1.807, 2.05) is 0 Å². The predicted octanol–water partition coefficient (Wildman–Crippen LogP) is -1.13. The minimum atomic E-state index is -1.00. The van der Waals surface area contributed by atoms with Crippen LogP contribution in [0.5, 0.6) is 0 Å². The lowest BCUT2D eigenvalue weighted by Crippen LogP contribution is -2.37. The highest BCUT2D eigenvalue weighted by atomic mass is 16.4. The molecule has 1 amide bonds. The first-order valence-corrected chi connectivity index (χ1v) is 4.82. The molecule has 1 fully saturated rings. The number of amides is 1. The van der Waals surface area contributed by atoms with E-state index in [0.29, 0.717) is 0 Å². The molecule has 1 aliphatic rings. The van der Waals surface area contributed by atoms with Crippen molar-refractivity contribution in [2.75, 3.05) is 6.54 Å². The van der Waals surface area contributed by atoms with Crippen LogP contribution < -0.4 is 11.1 Å². The molecule has 1 saturated heterocycles. The van der Waals surface area contributed by atoms with Crippen LogP contribution >= 0.6 is 0 Å². The van der Waals surface area contributed by atoms with Crippen LogP contribution in [-0.2, 0) is 16.0 Å². The number of carboxylic acids is 1. The number of carbonyl (C=O) groups excluding carboxylic acids is 1. The first kappa shape index (κ1) is 12.2. The van der Waals surface area contributed by atoms with E-state index in [1.165, 1.54) is 6.33 Å². The van der Waals surface area contributed by atoms with Crippen LogP contribution in [-0.4, -0.2) is 39.5 Å². The van der Waals surface area contributed by atoms with Crippen LogP contribution in [0.2, 0.25) is 0 Å². The van der Waals surface area contributed by atoms with E-state index >= 15 is 0 Å². The van der Waals surface area contributed by atoms with Gasteiger partial charge in [0.05, 0.1) is 6.33 Å². The maximum atomic E-state index is 10.3. The van der Waals surface area contributed by atoms with Gasteiger partial charge in [-0.05, 0) is 0 Å². The Balaban J connectivity index is 0.000000212. The minimum absolute atomic E-state index is 0.185. The summed E-state index contributed by atoms with van der Waals surface area (Å²) in [6.07, 6.45) is 4.07. The maximum Gasteiger partial charge on any atom is 0.320 e. The van der Waals surface area contributed by atoms with Gasteiger partial charge < -0.3 is 21.1 Å². The van der Waals surface area contributed by atoms with Crippen LogP contribution in [0.25, 0.3) is 0 Å². The van der Waals surface area contributed by atoms with Crippen molar-refractivity contribution in [3.05, 3.63) is 18.2 Å². The molecule has 2 rings (SSSR count). The lowest BCUT2D eigenvalue weighted by Gasteiger charge is -2.10. The number of aromatic amines is 1. The Bertz CT molecular complexity index is 344. The average molecular weight is 226 g/mol. The molecular formula is C9H14N4O3. The Morgan fingerprint density at radius 2 is 2.31 bits per heavy atom. The van der Waals surface area contributed by atoms with Crippen molar-refractivity contribution < 1.29 is 14.7 Å². The van der Waals surface area contributed by atoms with E-state index in [-0.39, 0.29) is 12.3 Å². The van der Waals surface area contributed by atoms with Crippen molar-refractivity contribution in [3.63, 3.8) is 0 Å². The van der Waals surface area contributed by atoms with Crippen molar-refractivity contribution in [3.8, 4) is 0 Å². The van der Waals surface area contributed by atoms with Gasteiger partial charge in [-0.3, -0.25) is 9.59 Å². The normalized spacial score (nSPS) is 15.2. The van der Waals surface area contributed by atoms with E-state index in [4.69, 9.17) is 10.8 Å². The Labute approximate surface area is 92.1 Å². The monoisotopic (exact) mass is 226 g/mol. The summed E-state index contributed by atoms with van der Waals surface area (Å²) < 4.78 is 0. The summed E-state index contributed by atoms with van der Waals surface area (Å²) in [5.74, 6) is -0.815. The third kappa shape index (κ3) is 4.09. The fraction of sp³-hybridized carbons (Fsp3) is 0.444. The standard InChI is InChI=1S/C6H9N3O2.C3H5NO/c7-5(6(10)11)1-4-2-8-3-9-4;5-3-1-2-4-3/h2-3,5H,1,7H2,(H,8,9)(H,10,11);1-2H2,(H,4,5)/t5-;/m0./s1. The third-order valence-electron chi connectivity index (χ3n) is 1.99. The fourth-order valence-corrected chi connectivity index (χ4v) is 0.948. The zero-order valence-electron chi connectivity index (χ0n) is 8.64. The van der Waals surface area contributed by atoms with Gasteiger partial charge in [0.15, 0.2) is 0 Å². The zero-order valence-corrected chi connectivity index (χ0v) is 8.64. The number of rotatable bonds is 3. The Morgan fingerprint density at radius 3 is 2.62 bits per heavy atom. The number of nitrogens with two attached hydrogens (primary N) is 1. The third-order valence-corrected chi connectivity index (χ3v) is 1.99. The SMILES string of the molecule is N[C@@H](Cc1cnc[nH]1)C(=O)O.O=C1CCN1. The van der Waals surface area contributed by atoms with Gasteiger partial charge in [0.2, 0.25) is 5.91 Å². The number of nitrogens with one attached hydrogen (secondary N) is 2. The van der Waals surface area contributed by atoms with Crippen molar-refractivity contribution in [2.24, 2.45) is 5.73 Å². The molecule has 0 unspecified atom stereocenters.